The zero-order valence-corrected chi connectivity index (χ0v) is 9.27. The standard InChI is InChI=1S/C13H16N2/c1-10(2)15-8-13(9-15)12-5-3-11(7-14)4-6-12/h3-6,10,13H,8-9H2,1-2H3. The third-order valence-electron chi connectivity index (χ3n) is 3.15. The van der Waals surface area contributed by atoms with Crippen molar-refractivity contribution < 1.29 is 0 Å². The molecule has 0 bridgehead atoms. The summed E-state index contributed by atoms with van der Waals surface area (Å²) in [7, 11) is 0. The fourth-order valence-electron chi connectivity index (χ4n) is 1.97. The molecule has 0 aromatic heterocycles. The molecule has 1 aliphatic rings. The van der Waals surface area contributed by atoms with E-state index in [1.54, 1.807) is 0 Å². The molecule has 0 radical (unpaired) electrons. The highest BCUT2D eigenvalue weighted by Gasteiger charge is 2.29. The first-order valence-electron chi connectivity index (χ1n) is 5.45. The summed E-state index contributed by atoms with van der Waals surface area (Å²) in [5.74, 6) is 0.667. The fraction of sp³-hybridized carbons (Fsp3) is 0.462. The van der Waals surface area contributed by atoms with Gasteiger partial charge >= 0.3 is 0 Å². The van der Waals surface area contributed by atoms with Crippen LogP contribution in [0.1, 0.15) is 30.9 Å². The Hall–Kier alpha value is -1.33. The predicted molar refractivity (Wildman–Crippen MR) is 60.6 cm³/mol. The van der Waals surface area contributed by atoms with Gasteiger partial charge in [-0.3, -0.25) is 4.90 Å². The second-order valence-electron chi connectivity index (χ2n) is 4.48. The quantitative estimate of drug-likeness (QED) is 0.732. The number of hydrogen-bond donors (Lipinski definition) is 0. The van der Waals surface area contributed by atoms with Gasteiger partial charge in [0, 0.05) is 25.0 Å². The SMILES string of the molecule is CC(C)N1CC(c2ccc(C#N)cc2)C1. The molecule has 1 fully saturated rings. The predicted octanol–water partition coefficient (Wildman–Crippen LogP) is 2.37. The van der Waals surface area contributed by atoms with Gasteiger partial charge in [0.05, 0.1) is 11.6 Å². The summed E-state index contributed by atoms with van der Waals surface area (Å²) >= 11 is 0. The number of nitrogens with zero attached hydrogens (tertiary/aromatic N) is 2. The van der Waals surface area contributed by atoms with Gasteiger partial charge in [0.2, 0.25) is 0 Å². The molecule has 1 aromatic carbocycles. The van der Waals surface area contributed by atoms with Crippen LogP contribution in [-0.4, -0.2) is 24.0 Å². The Kier molecular flexibility index (Phi) is 2.75. The molecule has 0 aliphatic carbocycles. The first-order valence-corrected chi connectivity index (χ1v) is 5.45. The molecular formula is C13H16N2. The van der Waals surface area contributed by atoms with Crippen molar-refractivity contribution in [3.63, 3.8) is 0 Å². The van der Waals surface area contributed by atoms with E-state index in [4.69, 9.17) is 5.26 Å². The summed E-state index contributed by atoms with van der Waals surface area (Å²) in [5.41, 5.74) is 2.12. The molecule has 78 valence electrons. The van der Waals surface area contributed by atoms with Crippen LogP contribution in [0.25, 0.3) is 0 Å². The highest BCUT2D eigenvalue weighted by Crippen LogP contribution is 2.28. The number of rotatable bonds is 2. The van der Waals surface area contributed by atoms with Crippen molar-refractivity contribution in [1.29, 1.82) is 5.26 Å². The van der Waals surface area contributed by atoms with Crippen LogP contribution in [0.2, 0.25) is 0 Å². The molecule has 0 amide bonds. The van der Waals surface area contributed by atoms with Gasteiger partial charge in [-0.15, -0.1) is 0 Å². The molecule has 2 nitrogen and oxygen atoms in total. The third kappa shape index (κ3) is 2.03. The van der Waals surface area contributed by atoms with E-state index >= 15 is 0 Å². The maximum absolute atomic E-state index is 8.69. The normalized spacial score (nSPS) is 17.5. The first-order chi connectivity index (χ1) is 7.20. The van der Waals surface area contributed by atoms with Crippen LogP contribution in [0.15, 0.2) is 24.3 Å². The lowest BCUT2D eigenvalue weighted by Crippen LogP contribution is -2.48. The second-order valence-corrected chi connectivity index (χ2v) is 4.48. The Morgan fingerprint density at radius 1 is 1.27 bits per heavy atom. The molecule has 2 rings (SSSR count). The minimum Gasteiger partial charge on any atom is -0.300 e. The molecule has 0 atom stereocenters. The Labute approximate surface area is 91.1 Å². The molecule has 0 spiro atoms. The van der Waals surface area contributed by atoms with Crippen molar-refractivity contribution in [2.75, 3.05) is 13.1 Å². The van der Waals surface area contributed by atoms with Crippen LogP contribution >= 0.6 is 0 Å². The molecule has 0 saturated carbocycles. The highest BCUT2D eigenvalue weighted by atomic mass is 15.2. The second kappa shape index (κ2) is 4.04. The minimum atomic E-state index is 0.652. The van der Waals surface area contributed by atoms with Gasteiger partial charge in [-0.05, 0) is 31.5 Å². The Bertz CT molecular complexity index is 367. The van der Waals surface area contributed by atoms with Gasteiger partial charge in [-0.25, -0.2) is 0 Å². The van der Waals surface area contributed by atoms with E-state index in [1.807, 2.05) is 12.1 Å². The third-order valence-corrected chi connectivity index (χ3v) is 3.15. The van der Waals surface area contributed by atoms with Gasteiger partial charge < -0.3 is 0 Å². The topological polar surface area (TPSA) is 27.0 Å². The van der Waals surface area contributed by atoms with Crippen molar-refractivity contribution in [3.8, 4) is 6.07 Å². The number of nitriles is 1. The van der Waals surface area contributed by atoms with Crippen LogP contribution < -0.4 is 0 Å². The van der Waals surface area contributed by atoms with Crippen LogP contribution in [-0.2, 0) is 0 Å². The Morgan fingerprint density at radius 2 is 1.87 bits per heavy atom. The summed E-state index contributed by atoms with van der Waals surface area (Å²) in [6.07, 6.45) is 0. The maximum atomic E-state index is 8.69. The Balaban J connectivity index is 1.99. The molecule has 0 unspecified atom stereocenters. The van der Waals surface area contributed by atoms with Crippen LogP contribution in [0.5, 0.6) is 0 Å². The van der Waals surface area contributed by atoms with Gasteiger partial charge in [0.1, 0.15) is 0 Å². The summed E-state index contributed by atoms with van der Waals surface area (Å²) in [4.78, 5) is 2.46. The number of hydrogen-bond acceptors (Lipinski definition) is 2. The Morgan fingerprint density at radius 3 is 2.33 bits per heavy atom. The molecule has 2 heteroatoms. The number of benzene rings is 1. The minimum absolute atomic E-state index is 0.652. The molecule has 0 N–H and O–H groups in total. The van der Waals surface area contributed by atoms with Crippen molar-refractivity contribution in [3.05, 3.63) is 35.4 Å². The van der Waals surface area contributed by atoms with Crippen LogP contribution in [0, 0.1) is 11.3 Å². The summed E-state index contributed by atoms with van der Waals surface area (Å²) in [6.45, 7) is 6.77. The van der Waals surface area contributed by atoms with E-state index in [0.717, 1.165) is 18.7 Å². The molecule has 1 aromatic rings. The average Bonchev–Trinajstić information content (AvgIpc) is 2.16. The summed E-state index contributed by atoms with van der Waals surface area (Å²) in [5, 5.41) is 8.69. The fourth-order valence-corrected chi connectivity index (χ4v) is 1.97. The van der Waals surface area contributed by atoms with E-state index in [-0.39, 0.29) is 0 Å². The average molecular weight is 200 g/mol. The lowest BCUT2D eigenvalue weighted by Gasteiger charge is -2.42. The van der Waals surface area contributed by atoms with Crippen LogP contribution in [0.3, 0.4) is 0 Å². The zero-order valence-electron chi connectivity index (χ0n) is 9.27. The van der Waals surface area contributed by atoms with Gasteiger partial charge in [0.25, 0.3) is 0 Å². The van der Waals surface area contributed by atoms with E-state index in [1.165, 1.54) is 5.56 Å². The van der Waals surface area contributed by atoms with Crippen molar-refractivity contribution >= 4 is 0 Å². The lowest BCUT2D eigenvalue weighted by molar-refractivity contribution is 0.110. The molecular weight excluding hydrogens is 184 g/mol. The van der Waals surface area contributed by atoms with E-state index in [9.17, 15) is 0 Å². The van der Waals surface area contributed by atoms with Gasteiger partial charge in [-0.1, -0.05) is 12.1 Å². The van der Waals surface area contributed by atoms with Crippen molar-refractivity contribution in [2.45, 2.75) is 25.8 Å². The lowest BCUT2D eigenvalue weighted by atomic mass is 9.90. The summed E-state index contributed by atoms with van der Waals surface area (Å²) < 4.78 is 0. The van der Waals surface area contributed by atoms with Crippen molar-refractivity contribution in [2.24, 2.45) is 0 Å². The van der Waals surface area contributed by atoms with Crippen LogP contribution in [0.4, 0.5) is 0 Å². The smallest absolute Gasteiger partial charge is 0.0991 e. The molecule has 15 heavy (non-hydrogen) atoms. The van der Waals surface area contributed by atoms with Gasteiger partial charge in [-0.2, -0.15) is 5.26 Å². The van der Waals surface area contributed by atoms with E-state index in [2.05, 4.69) is 36.9 Å². The monoisotopic (exact) mass is 200 g/mol. The van der Waals surface area contributed by atoms with Crippen molar-refractivity contribution in [1.82, 2.24) is 4.90 Å². The molecule has 1 saturated heterocycles. The maximum Gasteiger partial charge on any atom is 0.0991 e. The van der Waals surface area contributed by atoms with Gasteiger partial charge in [0.15, 0.2) is 0 Å². The van der Waals surface area contributed by atoms with E-state index in [0.29, 0.717) is 12.0 Å². The first kappa shape index (κ1) is 10.2. The summed E-state index contributed by atoms with van der Waals surface area (Å²) in [6, 6.07) is 10.8. The van der Waals surface area contributed by atoms with E-state index < -0.39 is 0 Å². The molecule has 1 aliphatic heterocycles. The highest BCUT2D eigenvalue weighted by molar-refractivity contribution is 5.34. The molecule has 1 heterocycles. The number of likely N-dealkylation sites (tertiary alicyclic amines) is 1. The largest absolute Gasteiger partial charge is 0.300 e. The zero-order chi connectivity index (χ0) is 10.8.